The number of likely N-dealkylation sites (N-methyl/N-ethyl adjacent to an activating group) is 1. The van der Waals surface area contributed by atoms with E-state index in [9.17, 15) is 9.18 Å². The average Bonchev–Trinajstić information content (AvgIpc) is 2.78. The predicted octanol–water partition coefficient (Wildman–Crippen LogP) is 3.45. The lowest BCUT2D eigenvalue weighted by Crippen LogP contribution is -2.30. The van der Waals surface area contributed by atoms with E-state index in [0.717, 1.165) is 17.6 Å². The second-order valence-electron chi connectivity index (χ2n) is 4.86. The molecule has 2 rings (SSSR count). The van der Waals surface area contributed by atoms with Gasteiger partial charge in [-0.15, -0.1) is 0 Å². The number of anilines is 1. The van der Waals surface area contributed by atoms with Crippen LogP contribution in [0.2, 0.25) is 5.02 Å². The summed E-state index contributed by atoms with van der Waals surface area (Å²) in [6.07, 6.45) is 0. The highest BCUT2D eigenvalue weighted by Gasteiger charge is 2.11. The van der Waals surface area contributed by atoms with Gasteiger partial charge in [0.2, 0.25) is 5.91 Å². The first kappa shape index (κ1) is 15.5. The maximum absolute atomic E-state index is 13.6. The molecule has 1 N–H and O–H groups in total. The number of aryl methyl sites for hydroxylation is 1. The normalized spacial score (nSPS) is 10.9. The molecule has 0 spiro atoms. The summed E-state index contributed by atoms with van der Waals surface area (Å²) in [5.74, 6) is 0.744. The fraction of sp³-hybridized carbons (Fsp3) is 0.267. The van der Waals surface area contributed by atoms with Gasteiger partial charge in [0.15, 0.2) is 0 Å². The molecule has 21 heavy (non-hydrogen) atoms. The van der Waals surface area contributed by atoms with Crippen molar-refractivity contribution in [2.24, 2.45) is 0 Å². The number of hydrogen-bond acceptors (Lipinski definition) is 3. The van der Waals surface area contributed by atoms with Crippen molar-refractivity contribution in [2.75, 3.05) is 18.9 Å². The smallest absolute Gasteiger partial charge is 0.238 e. The first-order valence-corrected chi connectivity index (χ1v) is 6.80. The summed E-state index contributed by atoms with van der Waals surface area (Å²) in [5, 5.41) is 2.80. The lowest BCUT2D eigenvalue weighted by Gasteiger charge is -2.15. The van der Waals surface area contributed by atoms with E-state index >= 15 is 0 Å². The number of benzene rings is 1. The van der Waals surface area contributed by atoms with Crippen LogP contribution in [0.1, 0.15) is 11.5 Å². The second kappa shape index (κ2) is 6.74. The van der Waals surface area contributed by atoms with Crippen LogP contribution in [0.3, 0.4) is 0 Å². The van der Waals surface area contributed by atoms with Crippen LogP contribution in [-0.2, 0) is 11.3 Å². The molecule has 0 aliphatic heterocycles. The van der Waals surface area contributed by atoms with Crippen LogP contribution in [0, 0.1) is 12.7 Å². The molecule has 0 unspecified atom stereocenters. The summed E-state index contributed by atoms with van der Waals surface area (Å²) in [5.41, 5.74) is 0.117. The molecule has 1 heterocycles. The Labute approximate surface area is 127 Å². The fourth-order valence-corrected chi connectivity index (χ4v) is 2.08. The monoisotopic (exact) mass is 310 g/mol. The van der Waals surface area contributed by atoms with E-state index in [4.69, 9.17) is 16.0 Å². The third-order valence-corrected chi connectivity index (χ3v) is 3.08. The average molecular weight is 311 g/mol. The molecule has 0 aliphatic rings. The Morgan fingerprint density at radius 1 is 1.38 bits per heavy atom. The highest BCUT2D eigenvalue weighted by Crippen LogP contribution is 2.18. The molecule has 1 aromatic heterocycles. The van der Waals surface area contributed by atoms with Crippen LogP contribution in [0.25, 0.3) is 0 Å². The number of nitrogens with zero attached hydrogens (tertiary/aromatic N) is 1. The molecule has 0 atom stereocenters. The van der Waals surface area contributed by atoms with E-state index < -0.39 is 5.82 Å². The van der Waals surface area contributed by atoms with Crippen LogP contribution in [0.4, 0.5) is 10.1 Å². The third-order valence-electron chi connectivity index (χ3n) is 2.84. The largest absolute Gasteiger partial charge is 0.465 e. The maximum atomic E-state index is 13.6. The Hall–Kier alpha value is -1.85. The molecule has 0 aliphatic carbocycles. The van der Waals surface area contributed by atoms with Gasteiger partial charge in [-0.2, -0.15) is 0 Å². The number of furan rings is 1. The van der Waals surface area contributed by atoms with Crippen molar-refractivity contribution in [1.29, 1.82) is 0 Å². The van der Waals surface area contributed by atoms with Gasteiger partial charge in [0, 0.05) is 5.02 Å². The molecule has 1 aromatic carbocycles. The molecule has 4 nitrogen and oxygen atoms in total. The molecule has 2 aromatic rings. The van der Waals surface area contributed by atoms with Gasteiger partial charge in [-0.05, 0) is 44.3 Å². The molecule has 1 amide bonds. The highest BCUT2D eigenvalue weighted by atomic mass is 35.5. The molecule has 0 fully saturated rings. The molecule has 0 saturated carbocycles. The van der Waals surface area contributed by atoms with E-state index in [0.29, 0.717) is 6.54 Å². The minimum atomic E-state index is -0.555. The van der Waals surface area contributed by atoms with Crippen LogP contribution >= 0.6 is 11.6 Å². The van der Waals surface area contributed by atoms with Gasteiger partial charge < -0.3 is 9.73 Å². The van der Waals surface area contributed by atoms with Gasteiger partial charge >= 0.3 is 0 Å². The first-order valence-electron chi connectivity index (χ1n) is 6.43. The fourth-order valence-electron chi connectivity index (χ4n) is 1.92. The van der Waals surface area contributed by atoms with E-state index in [1.165, 1.54) is 12.1 Å². The number of carbonyl (C=O) groups excluding carboxylic acids is 1. The predicted molar refractivity (Wildman–Crippen MR) is 79.8 cm³/mol. The van der Waals surface area contributed by atoms with Gasteiger partial charge in [-0.1, -0.05) is 11.6 Å². The van der Waals surface area contributed by atoms with Crippen molar-refractivity contribution in [3.63, 3.8) is 0 Å². The molecular formula is C15H16ClFN2O2. The lowest BCUT2D eigenvalue weighted by atomic mass is 10.3. The maximum Gasteiger partial charge on any atom is 0.238 e. The number of carbonyl (C=O) groups is 1. The van der Waals surface area contributed by atoms with Crippen molar-refractivity contribution in [3.05, 3.63) is 52.7 Å². The van der Waals surface area contributed by atoms with Crippen molar-refractivity contribution >= 4 is 23.2 Å². The minimum Gasteiger partial charge on any atom is -0.465 e. The Morgan fingerprint density at radius 2 is 2.14 bits per heavy atom. The van der Waals surface area contributed by atoms with Crippen molar-refractivity contribution < 1.29 is 13.6 Å². The van der Waals surface area contributed by atoms with Gasteiger partial charge in [0.1, 0.15) is 17.3 Å². The molecule has 0 bridgehead atoms. The zero-order chi connectivity index (χ0) is 15.4. The Bertz CT molecular complexity index is 642. The van der Waals surface area contributed by atoms with Crippen LogP contribution in [0.5, 0.6) is 0 Å². The van der Waals surface area contributed by atoms with Gasteiger partial charge in [0.25, 0.3) is 0 Å². The highest BCUT2D eigenvalue weighted by molar-refractivity contribution is 6.30. The molecule has 0 saturated heterocycles. The number of amides is 1. The topological polar surface area (TPSA) is 45.5 Å². The summed E-state index contributed by atoms with van der Waals surface area (Å²) >= 11 is 5.66. The number of nitrogens with one attached hydrogen (secondary N) is 1. The van der Waals surface area contributed by atoms with Crippen molar-refractivity contribution in [1.82, 2.24) is 4.90 Å². The lowest BCUT2D eigenvalue weighted by molar-refractivity contribution is -0.117. The van der Waals surface area contributed by atoms with Gasteiger partial charge in [-0.3, -0.25) is 9.69 Å². The first-order chi connectivity index (χ1) is 9.94. The number of rotatable bonds is 5. The van der Waals surface area contributed by atoms with Gasteiger partial charge in [0.05, 0.1) is 18.8 Å². The minimum absolute atomic E-state index is 0.117. The Morgan fingerprint density at radius 3 is 2.76 bits per heavy atom. The van der Waals surface area contributed by atoms with E-state index in [1.54, 1.807) is 11.9 Å². The van der Waals surface area contributed by atoms with Crippen LogP contribution in [0.15, 0.2) is 34.7 Å². The molecule has 6 heteroatoms. The molecule has 0 radical (unpaired) electrons. The molecule has 112 valence electrons. The SMILES string of the molecule is Cc1ccc(CN(C)CC(=O)Nc2ccc(Cl)cc2F)o1. The summed E-state index contributed by atoms with van der Waals surface area (Å²) in [7, 11) is 1.79. The summed E-state index contributed by atoms with van der Waals surface area (Å²) < 4.78 is 19.0. The number of halogens is 2. The summed E-state index contributed by atoms with van der Waals surface area (Å²) in [4.78, 5) is 13.7. The van der Waals surface area contributed by atoms with Crippen molar-refractivity contribution in [3.8, 4) is 0 Å². The zero-order valence-electron chi connectivity index (χ0n) is 11.8. The summed E-state index contributed by atoms with van der Waals surface area (Å²) in [6, 6.07) is 7.85. The van der Waals surface area contributed by atoms with E-state index in [-0.39, 0.29) is 23.2 Å². The third kappa shape index (κ3) is 4.58. The quantitative estimate of drug-likeness (QED) is 0.920. The van der Waals surface area contributed by atoms with Crippen LogP contribution in [-0.4, -0.2) is 24.4 Å². The van der Waals surface area contributed by atoms with E-state index in [2.05, 4.69) is 5.32 Å². The van der Waals surface area contributed by atoms with Gasteiger partial charge in [-0.25, -0.2) is 4.39 Å². The van der Waals surface area contributed by atoms with Crippen molar-refractivity contribution in [2.45, 2.75) is 13.5 Å². The number of hydrogen-bond donors (Lipinski definition) is 1. The Kier molecular flexibility index (Phi) is 4.98. The molecular weight excluding hydrogens is 295 g/mol. The summed E-state index contributed by atoms with van der Waals surface area (Å²) in [6.45, 7) is 2.49. The standard InChI is InChI=1S/C15H16ClFN2O2/c1-10-3-5-12(21-10)8-19(2)9-15(20)18-14-6-4-11(16)7-13(14)17/h3-7H,8-9H2,1-2H3,(H,18,20). The van der Waals surface area contributed by atoms with Crippen LogP contribution < -0.4 is 5.32 Å². The Balaban J connectivity index is 1.89. The zero-order valence-corrected chi connectivity index (χ0v) is 12.6. The van der Waals surface area contributed by atoms with E-state index in [1.807, 2.05) is 19.1 Å². The second-order valence-corrected chi connectivity index (χ2v) is 5.29.